The van der Waals surface area contributed by atoms with Gasteiger partial charge in [-0.15, -0.1) is 0 Å². The third kappa shape index (κ3) is 13.4. The lowest BCUT2D eigenvalue weighted by molar-refractivity contribution is -0.142. The number of carboxylic acid groups (broad SMARTS) is 2. The van der Waals surface area contributed by atoms with Crippen LogP contribution >= 0.6 is 11.8 Å². The first kappa shape index (κ1) is 31.6. The van der Waals surface area contributed by atoms with Crippen molar-refractivity contribution in [1.82, 2.24) is 16.0 Å². The average molecular weight is 506 g/mol. The lowest BCUT2D eigenvalue weighted by Gasteiger charge is -2.26. The van der Waals surface area contributed by atoms with Gasteiger partial charge in [-0.25, -0.2) is 4.79 Å². The molecule has 13 heteroatoms. The number of carbonyl (C=O) groups excluding carboxylic acids is 3. The molecule has 0 saturated carbocycles. The van der Waals surface area contributed by atoms with Crippen LogP contribution in [0.15, 0.2) is 0 Å². The van der Waals surface area contributed by atoms with Gasteiger partial charge in [0.05, 0.1) is 12.5 Å². The van der Waals surface area contributed by atoms with E-state index in [1.54, 1.807) is 0 Å². The largest absolute Gasteiger partial charge is 0.481 e. The number of unbranched alkanes of at least 4 members (excludes halogenated alkanes) is 1. The Hall–Kier alpha value is -2.38. The first-order valence-corrected chi connectivity index (χ1v) is 12.6. The van der Waals surface area contributed by atoms with Crippen LogP contribution in [0, 0.1) is 5.92 Å². The quantitative estimate of drug-likeness (QED) is 0.116. The summed E-state index contributed by atoms with van der Waals surface area (Å²) >= 11 is 1.45. The van der Waals surface area contributed by atoms with E-state index >= 15 is 0 Å². The molecule has 4 unspecified atom stereocenters. The molecule has 0 aliphatic rings. The molecule has 9 N–H and O–H groups in total. The second kappa shape index (κ2) is 17.1. The highest BCUT2D eigenvalue weighted by Crippen LogP contribution is 2.09. The summed E-state index contributed by atoms with van der Waals surface area (Å²) in [5.41, 5.74) is 11.1. The number of nitrogens with two attached hydrogens (primary N) is 2. The molecular weight excluding hydrogens is 466 g/mol. The summed E-state index contributed by atoms with van der Waals surface area (Å²) in [6, 6.07) is -4.52. The molecule has 0 rings (SSSR count). The van der Waals surface area contributed by atoms with Crippen molar-refractivity contribution >= 4 is 41.4 Å². The van der Waals surface area contributed by atoms with E-state index in [0.717, 1.165) is 0 Å². The van der Waals surface area contributed by atoms with Crippen molar-refractivity contribution in [2.75, 3.05) is 18.6 Å². The number of aliphatic carboxylic acids is 2. The van der Waals surface area contributed by atoms with E-state index in [-0.39, 0.29) is 25.2 Å². The molecule has 4 atom stereocenters. The number of rotatable bonds is 18. The molecule has 34 heavy (non-hydrogen) atoms. The standard InChI is InChI=1S/C21H39N5O7S/c1-12(2)10-16(26-18(29)13(23)11-17(27)28)20(31)24-14(6-4-5-8-22)19(30)25-15(21(32)33)7-9-34-3/h12-16H,4-11,22-23H2,1-3H3,(H,24,31)(H,25,30)(H,26,29)(H,27,28)(H,32,33). The third-order valence-corrected chi connectivity index (χ3v) is 5.52. The summed E-state index contributed by atoms with van der Waals surface area (Å²) in [4.78, 5) is 60.5. The zero-order valence-corrected chi connectivity index (χ0v) is 20.9. The summed E-state index contributed by atoms with van der Waals surface area (Å²) in [6.45, 7) is 4.05. The topological polar surface area (TPSA) is 214 Å². The maximum atomic E-state index is 13.0. The summed E-state index contributed by atoms with van der Waals surface area (Å²) in [7, 11) is 0. The highest BCUT2D eigenvalue weighted by Gasteiger charge is 2.30. The zero-order chi connectivity index (χ0) is 26.3. The Balaban J connectivity index is 5.48. The predicted octanol–water partition coefficient (Wildman–Crippen LogP) is -0.744. The predicted molar refractivity (Wildman–Crippen MR) is 129 cm³/mol. The molecule has 0 aliphatic carbocycles. The Morgan fingerprint density at radius 1 is 0.853 bits per heavy atom. The highest BCUT2D eigenvalue weighted by atomic mass is 32.2. The monoisotopic (exact) mass is 505 g/mol. The Labute approximate surface area is 204 Å². The molecule has 0 fully saturated rings. The number of amides is 3. The summed E-state index contributed by atoms with van der Waals surface area (Å²) in [5.74, 6) is -4.00. The molecule has 0 aliphatic heterocycles. The average Bonchev–Trinajstić information content (AvgIpc) is 2.74. The van der Waals surface area contributed by atoms with Crippen molar-refractivity contribution in [2.45, 2.75) is 76.5 Å². The minimum Gasteiger partial charge on any atom is -0.481 e. The van der Waals surface area contributed by atoms with E-state index in [2.05, 4.69) is 16.0 Å². The van der Waals surface area contributed by atoms with Crippen molar-refractivity contribution in [2.24, 2.45) is 17.4 Å². The maximum absolute atomic E-state index is 13.0. The normalized spacial score (nSPS) is 14.5. The fourth-order valence-electron chi connectivity index (χ4n) is 3.06. The summed E-state index contributed by atoms with van der Waals surface area (Å²) in [6.07, 6.45) is 3.01. The molecule has 0 heterocycles. The van der Waals surface area contributed by atoms with E-state index in [9.17, 15) is 29.1 Å². The second-order valence-corrected chi connectivity index (χ2v) is 9.41. The van der Waals surface area contributed by atoms with Crippen LogP contribution in [0.25, 0.3) is 0 Å². The number of hydrogen-bond donors (Lipinski definition) is 7. The number of carbonyl (C=O) groups is 5. The minimum absolute atomic E-state index is 0.0146. The van der Waals surface area contributed by atoms with Crippen LogP contribution in [0.5, 0.6) is 0 Å². The van der Waals surface area contributed by atoms with Crippen LogP contribution < -0.4 is 27.4 Å². The number of thioether (sulfide) groups is 1. The van der Waals surface area contributed by atoms with E-state index < -0.39 is 60.2 Å². The Morgan fingerprint density at radius 3 is 1.91 bits per heavy atom. The molecule has 0 saturated heterocycles. The van der Waals surface area contributed by atoms with Crippen LogP contribution in [0.3, 0.4) is 0 Å². The van der Waals surface area contributed by atoms with Gasteiger partial charge in [-0.3, -0.25) is 19.2 Å². The van der Waals surface area contributed by atoms with E-state index in [1.165, 1.54) is 11.8 Å². The van der Waals surface area contributed by atoms with Crippen LogP contribution in [-0.4, -0.2) is 82.6 Å². The first-order chi connectivity index (χ1) is 15.9. The molecule has 0 aromatic rings. The molecule has 0 aromatic carbocycles. The van der Waals surface area contributed by atoms with Crippen molar-refractivity contribution < 1.29 is 34.2 Å². The molecule has 196 valence electrons. The first-order valence-electron chi connectivity index (χ1n) is 11.2. The van der Waals surface area contributed by atoms with Gasteiger partial charge >= 0.3 is 11.9 Å². The van der Waals surface area contributed by atoms with Gasteiger partial charge in [0.1, 0.15) is 18.1 Å². The molecule has 3 amide bonds. The molecular formula is C21H39N5O7S. The van der Waals surface area contributed by atoms with Gasteiger partial charge < -0.3 is 37.6 Å². The smallest absolute Gasteiger partial charge is 0.326 e. The SMILES string of the molecule is CSCCC(NC(=O)C(CCCCN)NC(=O)C(CC(C)C)NC(=O)C(N)CC(=O)O)C(=O)O. The highest BCUT2D eigenvalue weighted by molar-refractivity contribution is 7.98. The van der Waals surface area contributed by atoms with E-state index in [1.807, 2.05) is 20.1 Å². The van der Waals surface area contributed by atoms with Crippen LogP contribution in [0.4, 0.5) is 0 Å². The van der Waals surface area contributed by atoms with Crippen molar-refractivity contribution in [3.63, 3.8) is 0 Å². The van der Waals surface area contributed by atoms with Crippen molar-refractivity contribution in [1.29, 1.82) is 0 Å². The molecule has 0 radical (unpaired) electrons. The lowest BCUT2D eigenvalue weighted by atomic mass is 10.0. The second-order valence-electron chi connectivity index (χ2n) is 8.42. The van der Waals surface area contributed by atoms with Crippen molar-refractivity contribution in [3.05, 3.63) is 0 Å². The van der Waals surface area contributed by atoms with Gasteiger partial charge in [-0.1, -0.05) is 13.8 Å². The van der Waals surface area contributed by atoms with Gasteiger partial charge in [0, 0.05) is 0 Å². The summed E-state index contributed by atoms with van der Waals surface area (Å²) in [5, 5.41) is 25.8. The van der Waals surface area contributed by atoms with E-state index in [4.69, 9.17) is 16.6 Å². The molecule has 0 aromatic heterocycles. The Morgan fingerprint density at radius 2 is 1.41 bits per heavy atom. The van der Waals surface area contributed by atoms with Crippen LogP contribution in [-0.2, 0) is 24.0 Å². The van der Waals surface area contributed by atoms with Gasteiger partial charge in [-0.05, 0) is 56.6 Å². The molecule has 12 nitrogen and oxygen atoms in total. The fraction of sp³-hybridized carbons (Fsp3) is 0.762. The summed E-state index contributed by atoms with van der Waals surface area (Å²) < 4.78 is 0. The zero-order valence-electron chi connectivity index (χ0n) is 20.0. The van der Waals surface area contributed by atoms with Gasteiger partial charge in [0.2, 0.25) is 17.7 Å². The van der Waals surface area contributed by atoms with Gasteiger partial charge in [0.25, 0.3) is 0 Å². The lowest BCUT2D eigenvalue weighted by Crippen LogP contribution is -2.57. The Kier molecular flexibility index (Phi) is 15.9. The molecule has 0 spiro atoms. The maximum Gasteiger partial charge on any atom is 0.326 e. The third-order valence-electron chi connectivity index (χ3n) is 4.88. The van der Waals surface area contributed by atoms with Gasteiger partial charge in [0.15, 0.2) is 0 Å². The number of nitrogens with one attached hydrogen (secondary N) is 3. The number of carboxylic acids is 2. The van der Waals surface area contributed by atoms with Crippen molar-refractivity contribution in [3.8, 4) is 0 Å². The van der Waals surface area contributed by atoms with E-state index in [0.29, 0.717) is 25.1 Å². The Bertz CT molecular complexity index is 692. The van der Waals surface area contributed by atoms with Gasteiger partial charge in [-0.2, -0.15) is 11.8 Å². The number of hydrogen-bond acceptors (Lipinski definition) is 8. The molecule has 0 bridgehead atoms. The minimum atomic E-state index is -1.34. The fourth-order valence-corrected chi connectivity index (χ4v) is 3.53. The van der Waals surface area contributed by atoms with Crippen LogP contribution in [0.2, 0.25) is 0 Å². The van der Waals surface area contributed by atoms with Crippen LogP contribution in [0.1, 0.15) is 52.4 Å².